The number of ether oxygens (including phenoxy) is 2. The first kappa shape index (κ1) is 14.0. The molecule has 0 radical (unpaired) electrons. The van der Waals surface area contributed by atoms with Crippen LogP contribution >= 0.6 is 0 Å². The normalized spacial score (nSPS) is 13.6. The van der Waals surface area contributed by atoms with Crippen molar-refractivity contribution >= 4 is 7.85 Å². The highest BCUT2D eigenvalue weighted by atomic mass is 16.7. The van der Waals surface area contributed by atoms with E-state index in [-0.39, 0.29) is 17.5 Å². The van der Waals surface area contributed by atoms with Crippen molar-refractivity contribution in [3.63, 3.8) is 0 Å². The number of hydrogen-bond donors (Lipinski definition) is 0. The van der Waals surface area contributed by atoms with Gasteiger partial charge in [-0.25, -0.2) is 0 Å². The van der Waals surface area contributed by atoms with Crippen molar-refractivity contribution in [1.82, 2.24) is 0 Å². The van der Waals surface area contributed by atoms with Crippen LogP contribution in [0.4, 0.5) is 0 Å². The predicted octanol–water partition coefficient (Wildman–Crippen LogP) is 2.38. The van der Waals surface area contributed by atoms with E-state index in [4.69, 9.17) is 9.47 Å². The average molecular weight is 200 g/mol. The fraction of sp³-hybridized carbons (Fsp3) is 1.00. The second-order valence-electron chi connectivity index (χ2n) is 5.68. The molecule has 0 fully saturated rings. The van der Waals surface area contributed by atoms with Gasteiger partial charge < -0.3 is 9.47 Å². The molecular formula is C11H25BO2. The molecule has 0 aliphatic carbocycles. The van der Waals surface area contributed by atoms with Gasteiger partial charge in [-0.2, -0.15) is 0 Å². The van der Waals surface area contributed by atoms with E-state index < -0.39 is 0 Å². The minimum absolute atomic E-state index is 0.0833. The maximum absolute atomic E-state index is 5.83. The maximum Gasteiger partial charge on any atom is 0.158 e. The fourth-order valence-electron chi connectivity index (χ4n) is 1.17. The molecule has 0 amide bonds. The van der Waals surface area contributed by atoms with E-state index in [2.05, 4.69) is 49.4 Å². The summed E-state index contributed by atoms with van der Waals surface area (Å²) in [5, 5.41) is 0. The molecular weight excluding hydrogens is 175 g/mol. The van der Waals surface area contributed by atoms with Gasteiger partial charge in [0.25, 0.3) is 0 Å². The minimum Gasteiger partial charge on any atom is -0.347 e. The third-order valence-electron chi connectivity index (χ3n) is 1.49. The summed E-state index contributed by atoms with van der Waals surface area (Å²) in [5.74, 6) is 0. The van der Waals surface area contributed by atoms with Gasteiger partial charge in [0.05, 0.1) is 11.2 Å². The Morgan fingerprint density at radius 2 is 1.29 bits per heavy atom. The molecule has 0 saturated heterocycles. The van der Waals surface area contributed by atoms with E-state index in [1.54, 1.807) is 0 Å². The van der Waals surface area contributed by atoms with Crippen LogP contribution in [-0.2, 0) is 9.47 Å². The van der Waals surface area contributed by atoms with Gasteiger partial charge in [0, 0.05) is 0 Å². The summed E-state index contributed by atoms with van der Waals surface area (Å²) < 4.78 is 11.7. The lowest BCUT2D eigenvalue weighted by atomic mass is 10.0. The first-order chi connectivity index (χ1) is 6.14. The van der Waals surface area contributed by atoms with E-state index in [0.29, 0.717) is 0 Å². The fourth-order valence-corrected chi connectivity index (χ4v) is 1.17. The Bertz CT molecular complexity index is 140. The van der Waals surface area contributed by atoms with Crippen LogP contribution in [0.3, 0.4) is 0 Å². The van der Waals surface area contributed by atoms with Crippen LogP contribution in [-0.4, -0.2) is 25.3 Å². The van der Waals surface area contributed by atoms with Crippen molar-refractivity contribution in [1.29, 1.82) is 0 Å². The summed E-state index contributed by atoms with van der Waals surface area (Å²) in [5.41, 5.74) is -0.268. The smallest absolute Gasteiger partial charge is 0.158 e. The molecule has 0 bridgehead atoms. The molecule has 0 spiro atoms. The standard InChI is InChI=1S/C11H25BO2/c1-10(2,3)13-9(7-8-12)14-11(4,5)6/h9H,7-8,12H2,1-6H3. The summed E-state index contributed by atoms with van der Waals surface area (Å²) in [6, 6.07) is 0. The van der Waals surface area contributed by atoms with E-state index in [1.807, 2.05) is 0 Å². The zero-order chi connectivity index (χ0) is 11.4. The number of rotatable bonds is 4. The molecule has 0 atom stereocenters. The Labute approximate surface area is 89.8 Å². The first-order valence-electron chi connectivity index (χ1n) is 5.50. The molecule has 0 aliphatic heterocycles. The molecule has 0 unspecified atom stereocenters. The second-order valence-corrected chi connectivity index (χ2v) is 5.68. The Hall–Kier alpha value is -0.0151. The van der Waals surface area contributed by atoms with Crippen LogP contribution in [0.25, 0.3) is 0 Å². The molecule has 0 aromatic rings. The van der Waals surface area contributed by atoms with Crippen LogP contribution in [0.1, 0.15) is 48.0 Å². The topological polar surface area (TPSA) is 18.5 Å². The second kappa shape index (κ2) is 5.17. The van der Waals surface area contributed by atoms with Crippen LogP contribution < -0.4 is 0 Å². The molecule has 0 aromatic heterocycles. The number of hydrogen-bond acceptors (Lipinski definition) is 2. The molecule has 0 saturated carbocycles. The Morgan fingerprint density at radius 1 is 0.929 bits per heavy atom. The minimum atomic E-state index is -0.134. The molecule has 2 nitrogen and oxygen atoms in total. The molecule has 3 heteroatoms. The third-order valence-corrected chi connectivity index (χ3v) is 1.49. The summed E-state index contributed by atoms with van der Waals surface area (Å²) in [6.45, 7) is 12.3. The Balaban J connectivity index is 4.16. The predicted molar refractivity (Wildman–Crippen MR) is 63.4 cm³/mol. The van der Waals surface area contributed by atoms with Crippen molar-refractivity contribution in [2.75, 3.05) is 0 Å². The van der Waals surface area contributed by atoms with Gasteiger partial charge >= 0.3 is 0 Å². The summed E-state index contributed by atoms with van der Waals surface area (Å²) in [4.78, 5) is 0. The van der Waals surface area contributed by atoms with E-state index in [9.17, 15) is 0 Å². The molecule has 0 heterocycles. The summed E-state index contributed by atoms with van der Waals surface area (Å²) in [6.07, 6.45) is 1.95. The zero-order valence-corrected chi connectivity index (χ0v) is 10.8. The highest BCUT2D eigenvalue weighted by Gasteiger charge is 2.23. The lowest BCUT2D eigenvalue weighted by molar-refractivity contribution is -0.234. The van der Waals surface area contributed by atoms with Crippen LogP contribution in [0, 0.1) is 0 Å². The average Bonchev–Trinajstić information content (AvgIpc) is 1.78. The van der Waals surface area contributed by atoms with Crippen molar-refractivity contribution < 1.29 is 9.47 Å². The molecule has 14 heavy (non-hydrogen) atoms. The zero-order valence-electron chi connectivity index (χ0n) is 10.8. The van der Waals surface area contributed by atoms with Gasteiger partial charge in [0.2, 0.25) is 0 Å². The quantitative estimate of drug-likeness (QED) is 0.512. The van der Waals surface area contributed by atoms with Crippen LogP contribution in [0.15, 0.2) is 0 Å². The lowest BCUT2D eigenvalue weighted by Gasteiger charge is -2.32. The van der Waals surface area contributed by atoms with Gasteiger partial charge in [-0.05, 0) is 48.0 Å². The van der Waals surface area contributed by atoms with Crippen molar-refractivity contribution in [2.45, 2.75) is 71.8 Å². The highest BCUT2D eigenvalue weighted by molar-refractivity contribution is 6.08. The molecule has 84 valence electrons. The molecule has 0 aromatic carbocycles. The van der Waals surface area contributed by atoms with E-state index in [0.717, 1.165) is 12.7 Å². The maximum atomic E-state index is 5.83. The van der Waals surface area contributed by atoms with Crippen molar-refractivity contribution in [2.24, 2.45) is 0 Å². The van der Waals surface area contributed by atoms with Gasteiger partial charge in [0.15, 0.2) is 6.29 Å². The molecule has 0 N–H and O–H groups in total. The van der Waals surface area contributed by atoms with Gasteiger partial charge in [0.1, 0.15) is 7.85 Å². The van der Waals surface area contributed by atoms with Gasteiger partial charge in [-0.1, -0.05) is 6.32 Å². The van der Waals surface area contributed by atoms with Crippen molar-refractivity contribution in [3.05, 3.63) is 0 Å². The van der Waals surface area contributed by atoms with Gasteiger partial charge in [-0.3, -0.25) is 0 Å². The third kappa shape index (κ3) is 8.58. The van der Waals surface area contributed by atoms with Gasteiger partial charge in [-0.15, -0.1) is 0 Å². The van der Waals surface area contributed by atoms with E-state index in [1.165, 1.54) is 0 Å². The van der Waals surface area contributed by atoms with Crippen LogP contribution in [0.5, 0.6) is 0 Å². The monoisotopic (exact) mass is 200 g/mol. The SMILES string of the molecule is BCCC(OC(C)(C)C)OC(C)(C)C. The van der Waals surface area contributed by atoms with Crippen LogP contribution in [0.2, 0.25) is 6.32 Å². The van der Waals surface area contributed by atoms with E-state index >= 15 is 0 Å². The highest BCUT2D eigenvalue weighted by Crippen LogP contribution is 2.20. The molecule has 0 rings (SSSR count). The first-order valence-corrected chi connectivity index (χ1v) is 5.50. The summed E-state index contributed by atoms with van der Waals surface area (Å²) >= 11 is 0. The largest absolute Gasteiger partial charge is 0.347 e. The lowest BCUT2D eigenvalue weighted by Crippen LogP contribution is -2.35. The Kier molecular flexibility index (Phi) is 5.17. The molecule has 0 aliphatic rings. The Morgan fingerprint density at radius 3 is 1.50 bits per heavy atom. The van der Waals surface area contributed by atoms with Crippen molar-refractivity contribution in [3.8, 4) is 0 Å². The summed E-state index contributed by atoms with van der Waals surface area (Å²) in [7, 11) is 2.14.